The first-order chi connectivity index (χ1) is 16.6. The third-order valence-corrected chi connectivity index (χ3v) is 8.14. The van der Waals surface area contributed by atoms with E-state index in [0.717, 1.165) is 40.5 Å². The summed E-state index contributed by atoms with van der Waals surface area (Å²) in [5, 5.41) is 1.05. The highest BCUT2D eigenvalue weighted by molar-refractivity contribution is 7.96. The largest absolute Gasteiger partial charge is 0.491 e. The molecule has 0 aliphatic heterocycles. The molecule has 0 saturated carbocycles. The van der Waals surface area contributed by atoms with Crippen molar-refractivity contribution in [3.8, 4) is 26.8 Å². The average Bonchev–Trinajstić information content (AvgIpc) is 3.49. The monoisotopic (exact) mass is 486 g/mol. The zero-order chi connectivity index (χ0) is 23.5. The molecule has 0 saturated heterocycles. The Hall–Kier alpha value is -2.60. The Labute approximate surface area is 210 Å². The summed E-state index contributed by atoms with van der Waals surface area (Å²) < 4.78 is 9.61. The molecule has 5 heteroatoms. The lowest BCUT2D eigenvalue weighted by Crippen LogP contribution is -2.11. The number of aryl methyl sites for hydroxylation is 1. The topological polar surface area (TPSA) is 34.2 Å². The van der Waals surface area contributed by atoms with E-state index in [2.05, 4.69) is 92.2 Å². The smallest absolute Gasteiger partial charge is 0.123 e. The van der Waals surface area contributed by atoms with E-state index in [0.29, 0.717) is 6.04 Å². The van der Waals surface area contributed by atoms with Gasteiger partial charge in [-0.3, -0.25) is 4.72 Å². The van der Waals surface area contributed by atoms with Crippen molar-refractivity contribution in [2.45, 2.75) is 51.5 Å². The van der Waals surface area contributed by atoms with Crippen LogP contribution in [0.1, 0.15) is 48.6 Å². The summed E-state index contributed by atoms with van der Waals surface area (Å²) in [5.74, 6) is 1.92. The number of fused-ring (bicyclic) bond motifs is 1. The van der Waals surface area contributed by atoms with E-state index in [1.54, 1.807) is 23.3 Å². The van der Waals surface area contributed by atoms with Crippen molar-refractivity contribution in [1.29, 1.82) is 0 Å². The Balaban J connectivity index is 1.32. The maximum absolute atomic E-state index is 5.90. The predicted molar refractivity (Wildman–Crippen MR) is 145 cm³/mol. The number of ether oxygens (including phenoxy) is 1. The molecule has 34 heavy (non-hydrogen) atoms. The second-order valence-corrected chi connectivity index (χ2v) is 10.9. The standard InChI is InChI=1S/C29H30N2OS2/c1-19(2)32-27-15-12-22(16-20(27)3)29-30-17-28(34-29)25-11-7-10-24-23(25)13-14-26(24)31-33-18-21-8-5-4-6-9-21/h4-12,15-17,19,26,31H,13-14,18H2,1-3H3. The Bertz CT molecular complexity index is 1270. The van der Waals surface area contributed by atoms with Crippen LogP contribution in [0.2, 0.25) is 0 Å². The summed E-state index contributed by atoms with van der Waals surface area (Å²) >= 11 is 3.58. The van der Waals surface area contributed by atoms with Crippen molar-refractivity contribution in [3.05, 3.63) is 95.2 Å². The van der Waals surface area contributed by atoms with E-state index in [1.807, 2.05) is 6.20 Å². The molecule has 0 amide bonds. The van der Waals surface area contributed by atoms with Gasteiger partial charge in [0.1, 0.15) is 10.8 Å². The fraction of sp³-hybridized carbons (Fsp3) is 0.276. The highest BCUT2D eigenvalue weighted by Crippen LogP contribution is 2.41. The van der Waals surface area contributed by atoms with Crippen molar-refractivity contribution >= 4 is 23.3 Å². The maximum atomic E-state index is 5.90. The van der Waals surface area contributed by atoms with Crippen LogP contribution in [0.5, 0.6) is 5.75 Å². The number of nitrogens with zero attached hydrogens (tertiary/aromatic N) is 1. The minimum absolute atomic E-state index is 0.172. The van der Waals surface area contributed by atoms with Crippen molar-refractivity contribution in [2.75, 3.05) is 0 Å². The van der Waals surface area contributed by atoms with Gasteiger partial charge < -0.3 is 4.74 Å². The molecule has 0 bridgehead atoms. The van der Waals surface area contributed by atoms with E-state index in [1.165, 1.54) is 27.1 Å². The van der Waals surface area contributed by atoms with E-state index in [9.17, 15) is 0 Å². The lowest BCUT2D eigenvalue weighted by Gasteiger charge is -2.14. The number of hydrogen-bond acceptors (Lipinski definition) is 5. The molecular weight excluding hydrogens is 456 g/mol. The van der Waals surface area contributed by atoms with Crippen LogP contribution in [0.4, 0.5) is 0 Å². The molecule has 1 atom stereocenters. The molecule has 3 aromatic carbocycles. The minimum Gasteiger partial charge on any atom is -0.491 e. The van der Waals surface area contributed by atoms with Gasteiger partial charge in [0.15, 0.2) is 0 Å². The van der Waals surface area contributed by atoms with Crippen molar-refractivity contribution < 1.29 is 4.74 Å². The zero-order valence-corrected chi connectivity index (χ0v) is 21.5. The van der Waals surface area contributed by atoms with Gasteiger partial charge in [0.2, 0.25) is 0 Å². The summed E-state index contributed by atoms with van der Waals surface area (Å²) in [6.45, 7) is 6.21. The second kappa shape index (κ2) is 10.3. The molecule has 1 aliphatic rings. The van der Waals surface area contributed by atoms with E-state index in [-0.39, 0.29) is 6.10 Å². The fourth-order valence-corrected chi connectivity index (χ4v) is 6.36. The van der Waals surface area contributed by atoms with Crippen LogP contribution in [0.3, 0.4) is 0 Å². The van der Waals surface area contributed by atoms with Gasteiger partial charge in [-0.25, -0.2) is 4.98 Å². The SMILES string of the molecule is Cc1cc(-c2ncc(-c3cccc4c3CCC4NSCc3ccccc3)s2)ccc1OC(C)C. The third kappa shape index (κ3) is 5.07. The summed E-state index contributed by atoms with van der Waals surface area (Å²) in [5.41, 5.74) is 7.87. The highest BCUT2D eigenvalue weighted by Gasteiger charge is 2.25. The Kier molecular flexibility index (Phi) is 7.05. The van der Waals surface area contributed by atoms with Gasteiger partial charge in [0, 0.05) is 23.6 Å². The van der Waals surface area contributed by atoms with Gasteiger partial charge in [0.25, 0.3) is 0 Å². The molecule has 0 radical (unpaired) electrons. The number of nitrogens with one attached hydrogen (secondary N) is 1. The van der Waals surface area contributed by atoms with E-state index >= 15 is 0 Å². The molecule has 5 rings (SSSR count). The maximum Gasteiger partial charge on any atom is 0.123 e. The molecule has 0 spiro atoms. The molecule has 1 aliphatic carbocycles. The number of rotatable bonds is 8. The number of hydrogen-bond donors (Lipinski definition) is 1. The number of thiazole rings is 1. The molecule has 0 fully saturated rings. The van der Waals surface area contributed by atoms with Gasteiger partial charge in [-0.05, 0) is 79.6 Å². The predicted octanol–water partition coefficient (Wildman–Crippen LogP) is 8.00. The molecular formula is C29H30N2OS2. The Morgan fingerprint density at radius 1 is 1.09 bits per heavy atom. The van der Waals surface area contributed by atoms with Gasteiger partial charge >= 0.3 is 0 Å². The van der Waals surface area contributed by atoms with Gasteiger partial charge in [-0.2, -0.15) is 0 Å². The van der Waals surface area contributed by atoms with Crippen LogP contribution < -0.4 is 9.46 Å². The van der Waals surface area contributed by atoms with Crippen LogP contribution in [-0.2, 0) is 12.2 Å². The van der Waals surface area contributed by atoms with E-state index in [4.69, 9.17) is 9.72 Å². The molecule has 4 aromatic rings. The fourth-order valence-electron chi connectivity index (χ4n) is 4.51. The van der Waals surface area contributed by atoms with Crippen molar-refractivity contribution in [1.82, 2.24) is 9.71 Å². The second-order valence-electron chi connectivity index (χ2n) is 9.03. The summed E-state index contributed by atoms with van der Waals surface area (Å²) in [4.78, 5) is 6.02. The van der Waals surface area contributed by atoms with Crippen molar-refractivity contribution in [3.63, 3.8) is 0 Å². The van der Waals surface area contributed by atoms with Crippen LogP contribution >= 0.6 is 23.3 Å². The van der Waals surface area contributed by atoms with Crippen LogP contribution in [0.25, 0.3) is 21.0 Å². The van der Waals surface area contributed by atoms with Gasteiger partial charge in [-0.15, -0.1) is 11.3 Å². The summed E-state index contributed by atoms with van der Waals surface area (Å²) in [7, 11) is 0. The molecule has 1 aromatic heterocycles. The molecule has 1 N–H and O–H groups in total. The van der Waals surface area contributed by atoms with Crippen molar-refractivity contribution in [2.24, 2.45) is 0 Å². The molecule has 174 valence electrons. The Morgan fingerprint density at radius 3 is 2.74 bits per heavy atom. The first kappa shape index (κ1) is 23.2. The quantitative estimate of drug-likeness (QED) is 0.256. The lowest BCUT2D eigenvalue weighted by atomic mass is 10.0. The molecule has 1 unspecified atom stereocenters. The zero-order valence-electron chi connectivity index (χ0n) is 19.9. The summed E-state index contributed by atoms with van der Waals surface area (Å²) in [6, 6.07) is 24.1. The van der Waals surface area contributed by atoms with Crippen LogP contribution in [-0.4, -0.2) is 11.1 Å². The lowest BCUT2D eigenvalue weighted by molar-refractivity contribution is 0.241. The highest BCUT2D eigenvalue weighted by atomic mass is 32.2. The Morgan fingerprint density at radius 2 is 1.94 bits per heavy atom. The van der Waals surface area contributed by atoms with Gasteiger partial charge in [-0.1, -0.05) is 60.5 Å². The molecule has 3 nitrogen and oxygen atoms in total. The summed E-state index contributed by atoms with van der Waals surface area (Å²) in [6.07, 6.45) is 4.44. The van der Waals surface area contributed by atoms with E-state index < -0.39 is 0 Å². The number of benzene rings is 3. The van der Waals surface area contributed by atoms with Gasteiger partial charge in [0.05, 0.1) is 11.0 Å². The minimum atomic E-state index is 0.172. The number of aromatic nitrogens is 1. The average molecular weight is 487 g/mol. The first-order valence-electron chi connectivity index (χ1n) is 11.9. The van der Waals surface area contributed by atoms with Crippen LogP contribution in [0, 0.1) is 6.92 Å². The van der Waals surface area contributed by atoms with Crippen LogP contribution in [0.15, 0.2) is 72.9 Å². The first-order valence-corrected chi connectivity index (χ1v) is 13.7. The normalized spacial score (nSPS) is 15.0. The third-order valence-electron chi connectivity index (χ3n) is 6.13. The molecule has 1 heterocycles.